The first-order valence-electron chi connectivity index (χ1n) is 8.85. The van der Waals surface area contributed by atoms with E-state index in [9.17, 15) is 4.79 Å². The minimum atomic E-state index is -0.161. The van der Waals surface area contributed by atoms with Crippen molar-refractivity contribution in [2.45, 2.75) is 19.3 Å². The first-order valence-corrected chi connectivity index (χ1v) is 9.66. The van der Waals surface area contributed by atoms with Crippen LogP contribution in [0.5, 0.6) is 0 Å². The van der Waals surface area contributed by atoms with Gasteiger partial charge in [-0.25, -0.2) is 0 Å². The summed E-state index contributed by atoms with van der Waals surface area (Å²) in [6.07, 6.45) is 3.79. The van der Waals surface area contributed by atoms with Crippen molar-refractivity contribution in [1.29, 1.82) is 0 Å². The van der Waals surface area contributed by atoms with E-state index in [4.69, 9.17) is 0 Å². The predicted molar refractivity (Wildman–Crippen MR) is 106 cm³/mol. The van der Waals surface area contributed by atoms with Gasteiger partial charge in [0.2, 0.25) is 5.13 Å². The second-order valence-electron chi connectivity index (χ2n) is 6.33. The molecule has 3 aromatic rings. The maximum absolute atomic E-state index is 12.5. The minimum Gasteiger partial charge on any atom is -0.372 e. The van der Waals surface area contributed by atoms with Crippen LogP contribution in [0.2, 0.25) is 0 Å². The summed E-state index contributed by atoms with van der Waals surface area (Å²) in [6, 6.07) is 17.6. The van der Waals surface area contributed by atoms with Crippen LogP contribution in [-0.4, -0.2) is 29.2 Å². The molecule has 1 aromatic heterocycles. The Kier molecular flexibility index (Phi) is 4.93. The highest BCUT2D eigenvalue weighted by atomic mass is 32.1. The number of piperidine rings is 1. The van der Waals surface area contributed by atoms with E-state index in [1.165, 1.54) is 36.3 Å². The number of carbonyl (C=O) groups is 1. The summed E-state index contributed by atoms with van der Waals surface area (Å²) in [4.78, 5) is 14.8. The van der Waals surface area contributed by atoms with Gasteiger partial charge in [-0.05, 0) is 43.5 Å². The molecule has 1 fully saturated rings. The molecular weight excluding hydrogens is 344 g/mol. The Morgan fingerprint density at radius 3 is 2.38 bits per heavy atom. The van der Waals surface area contributed by atoms with Crippen molar-refractivity contribution in [2.75, 3.05) is 23.3 Å². The van der Waals surface area contributed by atoms with Crippen LogP contribution in [-0.2, 0) is 0 Å². The van der Waals surface area contributed by atoms with Crippen LogP contribution in [0, 0.1) is 0 Å². The van der Waals surface area contributed by atoms with Gasteiger partial charge < -0.3 is 4.90 Å². The number of aromatic nitrogens is 2. The van der Waals surface area contributed by atoms with Gasteiger partial charge in [0, 0.05) is 29.9 Å². The number of hydrogen-bond donors (Lipinski definition) is 1. The molecule has 4 rings (SSSR count). The van der Waals surface area contributed by atoms with Crippen LogP contribution < -0.4 is 10.2 Å². The van der Waals surface area contributed by atoms with E-state index < -0.39 is 0 Å². The number of carbonyl (C=O) groups excluding carboxylic acids is 1. The van der Waals surface area contributed by atoms with Crippen molar-refractivity contribution < 1.29 is 4.79 Å². The smallest absolute Gasteiger partial charge is 0.257 e. The van der Waals surface area contributed by atoms with Gasteiger partial charge >= 0.3 is 0 Å². The van der Waals surface area contributed by atoms with Gasteiger partial charge in [-0.15, -0.1) is 10.2 Å². The topological polar surface area (TPSA) is 58.1 Å². The lowest BCUT2D eigenvalue weighted by Gasteiger charge is -2.28. The third kappa shape index (κ3) is 3.75. The molecule has 0 radical (unpaired) electrons. The van der Waals surface area contributed by atoms with Crippen LogP contribution in [0.15, 0.2) is 54.6 Å². The summed E-state index contributed by atoms with van der Waals surface area (Å²) in [7, 11) is 0. The van der Waals surface area contributed by atoms with Crippen molar-refractivity contribution in [1.82, 2.24) is 10.2 Å². The van der Waals surface area contributed by atoms with Gasteiger partial charge in [-0.1, -0.05) is 41.7 Å². The Morgan fingerprint density at radius 1 is 0.923 bits per heavy atom. The monoisotopic (exact) mass is 364 g/mol. The van der Waals surface area contributed by atoms with E-state index in [-0.39, 0.29) is 5.91 Å². The average molecular weight is 364 g/mol. The maximum atomic E-state index is 12.5. The van der Waals surface area contributed by atoms with Crippen molar-refractivity contribution in [3.05, 3.63) is 60.2 Å². The fraction of sp³-hybridized carbons (Fsp3) is 0.250. The molecule has 26 heavy (non-hydrogen) atoms. The Balaban J connectivity index is 1.42. The largest absolute Gasteiger partial charge is 0.372 e. The number of nitrogens with one attached hydrogen (secondary N) is 1. The molecule has 2 heterocycles. The summed E-state index contributed by atoms with van der Waals surface area (Å²) in [5, 5.41) is 12.4. The first-order chi connectivity index (χ1) is 12.8. The van der Waals surface area contributed by atoms with E-state index in [1.54, 1.807) is 0 Å². The molecule has 0 unspecified atom stereocenters. The van der Waals surface area contributed by atoms with E-state index >= 15 is 0 Å². The zero-order chi connectivity index (χ0) is 17.8. The number of hydrogen-bond acceptors (Lipinski definition) is 5. The highest BCUT2D eigenvalue weighted by Crippen LogP contribution is 2.26. The molecule has 0 bridgehead atoms. The average Bonchev–Trinajstić information content (AvgIpc) is 3.18. The molecule has 1 N–H and O–H groups in total. The fourth-order valence-electron chi connectivity index (χ4n) is 3.12. The van der Waals surface area contributed by atoms with Crippen LogP contribution in [0.25, 0.3) is 10.6 Å². The van der Waals surface area contributed by atoms with Crippen molar-refractivity contribution in [2.24, 2.45) is 0 Å². The summed E-state index contributed by atoms with van der Waals surface area (Å²) in [6.45, 7) is 2.19. The van der Waals surface area contributed by atoms with Crippen molar-refractivity contribution >= 4 is 28.1 Å². The number of nitrogens with zero attached hydrogens (tertiary/aromatic N) is 3. The van der Waals surface area contributed by atoms with Crippen LogP contribution in [0.1, 0.15) is 29.6 Å². The van der Waals surface area contributed by atoms with Gasteiger partial charge in [-0.2, -0.15) is 0 Å². The molecule has 1 aliphatic heterocycles. The minimum absolute atomic E-state index is 0.161. The Morgan fingerprint density at radius 2 is 1.65 bits per heavy atom. The molecule has 2 aromatic carbocycles. The zero-order valence-corrected chi connectivity index (χ0v) is 15.2. The van der Waals surface area contributed by atoms with Gasteiger partial charge in [0.05, 0.1) is 0 Å². The van der Waals surface area contributed by atoms with Crippen molar-refractivity contribution in [3.8, 4) is 10.6 Å². The predicted octanol–water partition coefficient (Wildman–Crippen LogP) is 4.45. The third-order valence-electron chi connectivity index (χ3n) is 4.52. The number of anilines is 2. The molecule has 0 saturated carbocycles. The Labute approximate surface area is 156 Å². The van der Waals surface area contributed by atoms with Gasteiger partial charge in [0.1, 0.15) is 5.01 Å². The van der Waals surface area contributed by atoms with Crippen molar-refractivity contribution in [3.63, 3.8) is 0 Å². The normalized spacial score (nSPS) is 14.2. The Hall–Kier alpha value is -2.73. The van der Waals surface area contributed by atoms with Gasteiger partial charge in [0.15, 0.2) is 0 Å². The molecule has 1 saturated heterocycles. The summed E-state index contributed by atoms with van der Waals surface area (Å²) < 4.78 is 0. The van der Waals surface area contributed by atoms with Crippen LogP contribution >= 0.6 is 11.3 Å². The van der Waals surface area contributed by atoms with E-state index in [0.29, 0.717) is 10.7 Å². The molecule has 1 amide bonds. The van der Waals surface area contributed by atoms with Gasteiger partial charge in [-0.3, -0.25) is 10.1 Å². The molecule has 5 nitrogen and oxygen atoms in total. The second kappa shape index (κ2) is 7.66. The van der Waals surface area contributed by atoms with Crippen LogP contribution in [0.4, 0.5) is 10.8 Å². The lowest BCUT2D eigenvalue weighted by Crippen LogP contribution is -2.29. The second-order valence-corrected chi connectivity index (χ2v) is 7.30. The molecule has 6 heteroatoms. The maximum Gasteiger partial charge on any atom is 0.257 e. The molecule has 132 valence electrons. The zero-order valence-electron chi connectivity index (χ0n) is 14.4. The van der Waals surface area contributed by atoms with E-state index in [0.717, 1.165) is 23.7 Å². The summed E-state index contributed by atoms with van der Waals surface area (Å²) in [5.74, 6) is -0.161. The number of rotatable bonds is 4. The fourth-order valence-corrected chi connectivity index (χ4v) is 3.86. The molecular formula is C20H20N4OS. The molecule has 0 atom stereocenters. The van der Waals surface area contributed by atoms with E-state index in [1.807, 2.05) is 54.6 Å². The highest BCUT2D eigenvalue weighted by molar-refractivity contribution is 7.18. The van der Waals surface area contributed by atoms with Gasteiger partial charge in [0.25, 0.3) is 5.91 Å². The summed E-state index contributed by atoms with van der Waals surface area (Å²) in [5.41, 5.74) is 2.81. The summed E-state index contributed by atoms with van der Waals surface area (Å²) >= 11 is 1.37. The first kappa shape index (κ1) is 16.7. The molecule has 0 spiro atoms. The molecule has 0 aliphatic carbocycles. The quantitative estimate of drug-likeness (QED) is 0.743. The lowest BCUT2D eigenvalue weighted by atomic mass is 10.1. The third-order valence-corrected chi connectivity index (χ3v) is 5.40. The number of benzene rings is 2. The van der Waals surface area contributed by atoms with E-state index in [2.05, 4.69) is 20.4 Å². The molecule has 1 aliphatic rings. The van der Waals surface area contributed by atoms with Crippen LogP contribution in [0.3, 0.4) is 0 Å². The highest BCUT2D eigenvalue weighted by Gasteiger charge is 2.14. The lowest BCUT2D eigenvalue weighted by molar-refractivity contribution is 0.102. The Bertz CT molecular complexity index is 870. The number of amides is 1. The standard InChI is InChI=1S/C20H20N4OS/c25-18(15-9-11-17(12-10-15)24-13-5-2-6-14-24)21-20-23-22-19(26-20)16-7-3-1-4-8-16/h1,3-4,7-12H,2,5-6,13-14H2,(H,21,23,25). The SMILES string of the molecule is O=C(Nc1nnc(-c2ccccc2)s1)c1ccc(N2CCCCC2)cc1.